The van der Waals surface area contributed by atoms with Gasteiger partial charge in [0, 0.05) is 11.6 Å². The summed E-state index contributed by atoms with van der Waals surface area (Å²) in [4.78, 5) is 0. The van der Waals surface area contributed by atoms with Crippen molar-refractivity contribution in [2.45, 2.75) is 39.5 Å². The summed E-state index contributed by atoms with van der Waals surface area (Å²) in [5, 5.41) is 8.35. The standard InChI is InChI=1S/C18H24N2O2/c1-3-5-6-7-14-22-18-13-12-17(19-20-18)15-8-10-16(11-9-15)21-4-2/h8-13H,3-7,14H2,1-2H3. The Morgan fingerprint density at radius 3 is 2.27 bits per heavy atom. The zero-order valence-corrected chi connectivity index (χ0v) is 13.4. The minimum Gasteiger partial charge on any atom is -0.494 e. The van der Waals surface area contributed by atoms with Gasteiger partial charge in [0.15, 0.2) is 0 Å². The molecule has 0 fully saturated rings. The van der Waals surface area contributed by atoms with Crippen LogP contribution in [-0.4, -0.2) is 23.4 Å². The lowest BCUT2D eigenvalue weighted by atomic mass is 10.1. The molecule has 4 heteroatoms. The van der Waals surface area contributed by atoms with Gasteiger partial charge >= 0.3 is 0 Å². The highest BCUT2D eigenvalue weighted by Crippen LogP contribution is 2.21. The van der Waals surface area contributed by atoms with E-state index in [9.17, 15) is 0 Å². The molecular formula is C18H24N2O2. The highest BCUT2D eigenvalue weighted by atomic mass is 16.5. The number of hydrogen-bond donors (Lipinski definition) is 0. The molecule has 0 radical (unpaired) electrons. The molecule has 2 aromatic rings. The summed E-state index contributed by atoms with van der Waals surface area (Å²) in [5.41, 5.74) is 1.85. The van der Waals surface area contributed by atoms with E-state index in [-0.39, 0.29) is 0 Å². The van der Waals surface area contributed by atoms with E-state index in [1.807, 2.05) is 43.3 Å². The molecule has 22 heavy (non-hydrogen) atoms. The summed E-state index contributed by atoms with van der Waals surface area (Å²) in [6.07, 6.45) is 4.76. The van der Waals surface area contributed by atoms with Crippen molar-refractivity contribution in [2.75, 3.05) is 13.2 Å². The van der Waals surface area contributed by atoms with Gasteiger partial charge in [0.05, 0.1) is 18.9 Å². The van der Waals surface area contributed by atoms with Gasteiger partial charge in [0.2, 0.25) is 5.88 Å². The largest absolute Gasteiger partial charge is 0.494 e. The first-order valence-electron chi connectivity index (χ1n) is 8.03. The van der Waals surface area contributed by atoms with Crippen LogP contribution in [0, 0.1) is 0 Å². The van der Waals surface area contributed by atoms with Crippen molar-refractivity contribution in [3.63, 3.8) is 0 Å². The van der Waals surface area contributed by atoms with Gasteiger partial charge in [-0.25, -0.2) is 0 Å². The maximum Gasteiger partial charge on any atom is 0.233 e. The number of ether oxygens (including phenoxy) is 2. The van der Waals surface area contributed by atoms with Crippen LogP contribution >= 0.6 is 0 Å². The van der Waals surface area contributed by atoms with Crippen molar-refractivity contribution >= 4 is 0 Å². The van der Waals surface area contributed by atoms with E-state index < -0.39 is 0 Å². The lowest BCUT2D eigenvalue weighted by Gasteiger charge is -2.06. The lowest BCUT2D eigenvalue weighted by molar-refractivity contribution is 0.290. The van der Waals surface area contributed by atoms with Crippen LogP contribution in [0.4, 0.5) is 0 Å². The average Bonchev–Trinajstić information content (AvgIpc) is 2.56. The second kappa shape index (κ2) is 9.03. The normalized spacial score (nSPS) is 10.5. The fourth-order valence-electron chi connectivity index (χ4n) is 2.15. The SMILES string of the molecule is CCCCCCOc1ccc(-c2ccc(OCC)cc2)nn1. The van der Waals surface area contributed by atoms with Gasteiger partial charge in [-0.2, -0.15) is 0 Å². The van der Waals surface area contributed by atoms with Gasteiger partial charge in [0.25, 0.3) is 0 Å². The van der Waals surface area contributed by atoms with E-state index in [2.05, 4.69) is 17.1 Å². The van der Waals surface area contributed by atoms with Gasteiger partial charge in [-0.15, -0.1) is 10.2 Å². The molecule has 0 atom stereocenters. The minimum absolute atomic E-state index is 0.589. The fraction of sp³-hybridized carbons (Fsp3) is 0.444. The number of benzene rings is 1. The Morgan fingerprint density at radius 1 is 0.818 bits per heavy atom. The van der Waals surface area contributed by atoms with Crippen LogP contribution in [0.1, 0.15) is 39.5 Å². The van der Waals surface area contributed by atoms with Crippen molar-refractivity contribution in [1.29, 1.82) is 0 Å². The maximum atomic E-state index is 5.60. The first-order chi connectivity index (χ1) is 10.8. The Labute approximate surface area is 132 Å². The molecule has 0 aliphatic rings. The zero-order chi connectivity index (χ0) is 15.6. The topological polar surface area (TPSA) is 44.2 Å². The van der Waals surface area contributed by atoms with E-state index >= 15 is 0 Å². The molecule has 0 bridgehead atoms. The summed E-state index contributed by atoms with van der Waals surface area (Å²) in [7, 11) is 0. The van der Waals surface area contributed by atoms with Crippen molar-refractivity contribution in [2.24, 2.45) is 0 Å². The van der Waals surface area contributed by atoms with Crippen molar-refractivity contribution in [1.82, 2.24) is 10.2 Å². The van der Waals surface area contributed by atoms with E-state index in [1.54, 1.807) is 0 Å². The van der Waals surface area contributed by atoms with Crippen molar-refractivity contribution in [3.05, 3.63) is 36.4 Å². The molecule has 0 unspecified atom stereocenters. The lowest BCUT2D eigenvalue weighted by Crippen LogP contribution is -2.00. The van der Waals surface area contributed by atoms with E-state index in [0.29, 0.717) is 19.1 Å². The molecule has 0 saturated heterocycles. The predicted molar refractivity (Wildman–Crippen MR) is 88.3 cm³/mol. The van der Waals surface area contributed by atoms with Crippen LogP contribution in [0.15, 0.2) is 36.4 Å². The zero-order valence-electron chi connectivity index (χ0n) is 13.4. The Balaban J connectivity index is 1.88. The molecule has 1 heterocycles. The summed E-state index contributed by atoms with van der Waals surface area (Å²) < 4.78 is 11.0. The number of aromatic nitrogens is 2. The molecule has 0 saturated carbocycles. The molecule has 1 aromatic heterocycles. The number of nitrogens with zero attached hydrogens (tertiary/aromatic N) is 2. The summed E-state index contributed by atoms with van der Waals surface area (Å²) in [6.45, 7) is 5.55. The molecule has 2 rings (SSSR count). The maximum absolute atomic E-state index is 5.60. The average molecular weight is 300 g/mol. The summed E-state index contributed by atoms with van der Waals surface area (Å²) in [5.74, 6) is 1.46. The summed E-state index contributed by atoms with van der Waals surface area (Å²) >= 11 is 0. The molecule has 1 aromatic carbocycles. The monoisotopic (exact) mass is 300 g/mol. The third-order valence-electron chi connectivity index (χ3n) is 3.35. The van der Waals surface area contributed by atoms with Crippen LogP contribution in [0.5, 0.6) is 11.6 Å². The fourth-order valence-corrected chi connectivity index (χ4v) is 2.15. The van der Waals surface area contributed by atoms with Crippen LogP contribution in [0.25, 0.3) is 11.3 Å². The van der Waals surface area contributed by atoms with Crippen molar-refractivity contribution < 1.29 is 9.47 Å². The highest BCUT2D eigenvalue weighted by Gasteiger charge is 2.02. The first kappa shape index (κ1) is 16.3. The van der Waals surface area contributed by atoms with Gasteiger partial charge in [-0.3, -0.25) is 0 Å². The van der Waals surface area contributed by atoms with E-state index in [4.69, 9.17) is 9.47 Å². The van der Waals surface area contributed by atoms with E-state index in [1.165, 1.54) is 19.3 Å². The van der Waals surface area contributed by atoms with Gasteiger partial charge < -0.3 is 9.47 Å². The second-order valence-corrected chi connectivity index (χ2v) is 5.12. The number of rotatable bonds is 9. The molecule has 118 valence electrons. The Kier molecular flexibility index (Phi) is 6.68. The second-order valence-electron chi connectivity index (χ2n) is 5.12. The first-order valence-corrected chi connectivity index (χ1v) is 8.03. The van der Waals surface area contributed by atoms with Gasteiger partial charge in [0.1, 0.15) is 5.75 Å². The minimum atomic E-state index is 0.589. The molecule has 0 spiro atoms. The molecule has 4 nitrogen and oxygen atoms in total. The Morgan fingerprint density at radius 2 is 1.64 bits per heavy atom. The quantitative estimate of drug-likeness (QED) is 0.639. The van der Waals surface area contributed by atoms with Gasteiger partial charge in [-0.1, -0.05) is 26.2 Å². The summed E-state index contributed by atoms with van der Waals surface area (Å²) in [6, 6.07) is 11.7. The van der Waals surface area contributed by atoms with Crippen LogP contribution in [0.2, 0.25) is 0 Å². The van der Waals surface area contributed by atoms with E-state index in [0.717, 1.165) is 23.4 Å². The van der Waals surface area contributed by atoms with Crippen LogP contribution in [-0.2, 0) is 0 Å². The smallest absolute Gasteiger partial charge is 0.233 e. The van der Waals surface area contributed by atoms with Crippen LogP contribution < -0.4 is 9.47 Å². The molecule has 0 aliphatic carbocycles. The number of unbranched alkanes of at least 4 members (excludes halogenated alkanes) is 3. The Bertz CT molecular complexity index is 538. The Hall–Kier alpha value is -2.10. The molecule has 0 N–H and O–H groups in total. The number of hydrogen-bond acceptors (Lipinski definition) is 4. The third kappa shape index (κ3) is 5.02. The third-order valence-corrected chi connectivity index (χ3v) is 3.35. The predicted octanol–water partition coefficient (Wildman–Crippen LogP) is 4.50. The van der Waals surface area contributed by atoms with Crippen molar-refractivity contribution in [3.8, 4) is 22.9 Å². The molecule has 0 aliphatic heterocycles. The van der Waals surface area contributed by atoms with Crippen LogP contribution in [0.3, 0.4) is 0 Å². The highest BCUT2D eigenvalue weighted by molar-refractivity contribution is 5.59. The van der Waals surface area contributed by atoms with Gasteiger partial charge in [-0.05, 0) is 43.7 Å². The molecule has 0 amide bonds. The molecular weight excluding hydrogens is 276 g/mol.